The third-order valence-electron chi connectivity index (χ3n) is 2.99. The summed E-state index contributed by atoms with van der Waals surface area (Å²) in [5.41, 5.74) is 0.752. The fraction of sp³-hybridized carbons (Fsp3) is 0.417. The molecule has 1 saturated carbocycles. The lowest BCUT2D eigenvalue weighted by Gasteiger charge is -2.09. The van der Waals surface area contributed by atoms with Crippen LogP contribution in [0.3, 0.4) is 0 Å². The second kappa shape index (κ2) is 5.31. The summed E-state index contributed by atoms with van der Waals surface area (Å²) < 4.78 is 22.8. The van der Waals surface area contributed by atoms with Crippen LogP contribution in [0.2, 0.25) is 5.02 Å². The van der Waals surface area contributed by atoms with Gasteiger partial charge in [-0.2, -0.15) is 0 Å². The largest absolute Gasteiger partial charge is 0.352 e. The molecular weight excluding hydrogens is 309 g/mol. The minimum absolute atomic E-state index is 0.0498. The standard InChI is InChI=1S/C12H13Cl2NO3S/c1-7-4-9(12(16)15-6-8-2-3-8)5-10(11(7)13)19(14,17)18/h4-5,8H,2-3,6H2,1H3,(H,15,16). The summed E-state index contributed by atoms with van der Waals surface area (Å²) >= 11 is 5.90. The van der Waals surface area contributed by atoms with Crippen molar-refractivity contribution in [3.8, 4) is 0 Å². The monoisotopic (exact) mass is 321 g/mol. The zero-order chi connectivity index (χ0) is 14.2. The van der Waals surface area contributed by atoms with Gasteiger partial charge in [0.1, 0.15) is 4.90 Å². The lowest BCUT2D eigenvalue weighted by molar-refractivity contribution is 0.0951. The predicted octanol–water partition coefficient (Wildman–Crippen LogP) is 2.72. The van der Waals surface area contributed by atoms with Crippen LogP contribution in [0.4, 0.5) is 0 Å². The van der Waals surface area contributed by atoms with Gasteiger partial charge in [-0.1, -0.05) is 11.6 Å². The number of rotatable bonds is 4. The highest BCUT2D eigenvalue weighted by Crippen LogP contribution is 2.30. The number of carbonyl (C=O) groups excluding carboxylic acids is 1. The molecule has 4 nitrogen and oxygen atoms in total. The Hall–Kier alpha value is -0.780. The van der Waals surface area contributed by atoms with Gasteiger partial charge >= 0.3 is 0 Å². The van der Waals surface area contributed by atoms with Gasteiger partial charge in [-0.05, 0) is 43.4 Å². The quantitative estimate of drug-likeness (QED) is 0.867. The Kier molecular flexibility index (Phi) is 4.08. The minimum atomic E-state index is -3.97. The number of halogens is 2. The van der Waals surface area contributed by atoms with Crippen LogP contribution in [0, 0.1) is 12.8 Å². The van der Waals surface area contributed by atoms with E-state index in [-0.39, 0.29) is 21.4 Å². The van der Waals surface area contributed by atoms with E-state index in [4.69, 9.17) is 22.3 Å². The summed E-state index contributed by atoms with van der Waals surface area (Å²) in [6.45, 7) is 2.25. The molecule has 0 bridgehead atoms. The lowest BCUT2D eigenvalue weighted by atomic mass is 10.1. The number of hydrogen-bond acceptors (Lipinski definition) is 3. The van der Waals surface area contributed by atoms with Gasteiger partial charge in [-0.3, -0.25) is 4.79 Å². The van der Waals surface area contributed by atoms with Crippen LogP contribution in [-0.2, 0) is 9.05 Å². The maximum Gasteiger partial charge on any atom is 0.262 e. The van der Waals surface area contributed by atoms with E-state index >= 15 is 0 Å². The van der Waals surface area contributed by atoms with Crippen LogP contribution in [0.25, 0.3) is 0 Å². The number of benzene rings is 1. The topological polar surface area (TPSA) is 63.2 Å². The average molecular weight is 322 g/mol. The molecule has 0 aromatic heterocycles. The summed E-state index contributed by atoms with van der Waals surface area (Å²) in [5, 5.41) is 2.82. The summed E-state index contributed by atoms with van der Waals surface area (Å²) in [5.74, 6) is 0.238. The Morgan fingerprint density at radius 1 is 1.42 bits per heavy atom. The molecular formula is C12H13Cl2NO3S. The average Bonchev–Trinajstić information content (AvgIpc) is 3.11. The van der Waals surface area contributed by atoms with Gasteiger partial charge in [0.2, 0.25) is 0 Å². The highest BCUT2D eigenvalue weighted by Gasteiger charge is 2.23. The normalized spacial score (nSPS) is 15.3. The van der Waals surface area contributed by atoms with Crippen molar-refractivity contribution in [3.05, 3.63) is 28.3 Å². The van der Waals surface area contributed by atoms with Crippen molar-refractivity contribution in [3.63, 3.8) is 0 Å². The number of aryl methyl sites for hydroxylation is 1. The Morgan fingerprint density at radius 2 is 2.05 bits per heavy atom. The van der Waals surface area contributed by atoms with E-state index in [2.05, 4.69) is 5.32 Å². The molecule has 1 fully saturated rings. The molecule has 0 aliphatic heterocycles. The Bertz CT molecular complexity index is 624. The van der Waals surface area contributed by atoms with Crippen molar-refractivity contribution in [1.82, 2.24) is 5.32 Å². The molecule has 19 heavy (non-hydrogen) atoms. The van der Waals surface area contributed by atoms with E-state index in [0.717, 1.165) is 12.8 Å². The zero-order valence-corrected chi connectivity index (χ0v) is 12.6. The molecule has 0 radical (unpaired) electrons. The van der Waals surface area contributed by atoms with Gasteiger partial charge in [0.25, 0.3) is 15.0 Å². The maximum absolute atomic E-state index is 11.9. The van der Waals surface area contributed by atoms with Gasteiger partial charge in [0, 0.05) is 22.8 Å². The highest BCUT2D eigenvalue weighted by molar-refractivity contribution is 8.13. The van der Waals surface area contributed by atoms with E-state index in [1.807, 2.05) is 0 Å². The minimum Gasteiger partial charge on any atom is -0.352 e. The van der Waals surface area contributed by atoms with Crippen molar-refractivity contribution < 1.29 is 13.2 Å². The molecule has 0 heterocycles. The molecule has 0 unspecified atom stereocenters. The van der Waals surface area contributed by atoms with E-state index in [1.165, 1.54) is 6.07 Å². The summed E-state index contributed by atoms with van der Waals surface area (Å²) in [6, 6.07) is 2.76. The SMILES string of the molecule is Cc1cc(C(=O)NCC2CC2)cc(S(=O)(=O)Cl)c1Cl. The zero-order valence-electron chi connectivity index (χ0n) is 10.2. The van der Waals surface area contributed by atoms with Crippen molar-refractivity contribution >= 4 is 37.2 Å². The van der Waals surface area contributed by atoms with Crippen LogP contribution >= 0.6 is 22.3 Å². The van der Waals surface area contributed by atoms with Crippen LogP contribution in [0.5, 0.6) is 0 Å². The third kappa shape index (κ3) is 3.61. The van der Waals surface area contributed by atoms with Gasteiger partial charge < -0.3 is 5.32 Å². The number of amides is 1. The second-order valence-corrected chi connectivity index (χ2v) is 7.61. The Labute approximate surface area is 121 Å². The highest BCUT2D eigenvalue weighted by atomic mass is 35.7. The van der Waals surface area contributed by atoms with E-state index in [0.29, 0.717) is 18.0 Å². The van der Waals surface area contributed by atoms with Crippen molar-refractivity contribution in [2.75, 3.05) is 6.54 Å². The molecule has 2 rings (SSSR count). The smallest absolute Gasteiger partial charge is 0.262 e. The fourth-order valence-electron chi connectivity index (χ4n) is 1.71. The first-order valence-electron chi connectivity index (χ1n) is 5.82. The van der Waals surface area contributed by atoms with Crippen molar-refractivity contribution in [2.45, 2.75) is 24.7 Å². The summed E-state index contributed by atoms with van der Waals surface area (Å²) in [7, 11) is 1.34. The van der Waals surface area contributed by atoms with Crippen molar-refractivity contribution in [2.24, 2.45) is 5.92 Å². The molecule has 1 aliphatic rings. The van der Waals surface area contributed by atoms with Crippen LogP contribution < -0.4 is 5.32 Å². The molecule has 1 aromatic carbocycles. The first-order chi connectivity index (χ1) is 8.79. The molecule has 0 spiro atoms. The van der Waals surface area contributed by atoms with E-state index in [9.17, 15) is 13.2 Å². The first kappa shape index (κ1) is 14.6. The molecule has 0 atom stereocenters. The van der Waals surface area contributed by atoms with Gasteiger partial charge in [0.05, 0.1) is 5.02 Å². The van der Waals surface area contributed by atoms with E-state index < -0.39 is 9.05 Å². The maximum atomic E-state index is 11.9. The second-order valence-electron chi connectivity index (χ2n) is 4.70. The predicted molar refractivity (Wildman–Crippen MR) is 74.3 cm³/mol. The summed E-state index contributed by atoms with van der Waals surface area (Å²) in [6.07, 6.45) is 2.25. The molecule has 1 aliphatic carbocycles. The third-order valence-corrected chi connectivity index (χ3v) is 4.95. The van der Waals surface area contributed by atoms with Crippen LogP contribution in [0.15, 0.2) is 17.0 Å². The van der Waals surface area contributed by atoms with Crippen LogP contribution in [-0.4, -0.2) is 20.9 Å². The summed E-state index contributed by atoms with van der Waals surface area (Å²) in [4.78, 5) is 11.7. The molecule has 1 amide bonds. The van der Waals surface area contributed by atoms with Crippen molar-refractivity contribution in [1.29, 1.82) is 0 Å². The number of hydrogen-bond donors (Lipinski definition) is 1. The van der Waals surface area contributed by atoms with Crippen LogP contribution in [0.1, 0.15) is 28.8 Å². The molecule has 104 valence electrons. The number of carbonyl (C=O) groups is 1. The van der Waals surface area contributed by atoms with Gasteiger partial charge in [0.15, 0.2) is 0 Å². The Morgan fingerprint density at radius 3 is 2.58 bits per heavy atom. The lowest BCUT2D eigenvalue weighted by Crippen LogP contribution is -2.25. The van der Waals surface area contributed by atoms with Gasteiger partial charge in [-0.25, -0.2) is 8.42 Å². The number of nitrogens with one attached hydrogen (secondary N) is 1. The molecule has 1 N–H and O–H groups in total. The Balaban J connectivity index is 2.30. The van der Waals surface area contributed by atoms with Gasteiger partial charge in [-0.15, -0.1) is 0 Å². The first-order valence-corrected chi connectivity index (χ1v) is 8.51. The molecule has 1 aromatic rings. The molecule has 7 heteroatoms. The fourth-order valence-corrected chi connectivity index (χ4v) is 3.25. The van der Waals surface area contributed by atoms with E-state index in [1.54, 1.807) is 13.0 Å². The molecule has 0 saturated heterocycles.